The molecule has 4 aromatic heterocycles. The first-order valence-corrected chi connectivity index (χ1v) is 14.0. The van der Waals surface area contributed by atoms with E-state index in [0.717, 1.165) is 22.8 Å². The minimum Gasteiger partial charge on any atom is -0.354 e. The molecular weight excluding hydrogens is 500 g/mol. The number of aromatic amines is 1. The molecule has 1 unspecified atom stereocenters. The molecule has 0 saturated carbocycles. The largest absolute Gasteiger partial charge is 0.354 e. The molecule has 0 bridgehead atoms. The van der Waals surface area contributed by atoms with Crippen molar-refractivity contribution >= 4 is 43.6 Å². The molecule has 196 valence electrons. The Morgan fingerprint density at radius 1 is 0.659 bits per heavy atom. The number of benzene rings is 4. The summed E-state index contributed by atoms with van der Waals surface area (Å²) in [5, 5.41) is 4.77. The van der Waals surface area contributed by atoms with Crippen molar-refractivity contribution in [3.63, 3.8) is 0 Å². The maximum Gasteiger partial charge on any atom is 0.0562 e. The van der Waals surface area contributed by atoms with Gasteiger partial charge >= 0.3 is 0 Å². The number of rotatable bonds is 5. The summed E-state index contributed by atoms with van der Waals surface area (Å²) in [5.74, 6) is 0.0214. The lowest BCUT2D eigenvalue weighted by Crippen LogP contribution is -2.06. The second-order valence-corrected chi connectivity index (χ2v) is 10.9. The molecule has 4 heteroatoms. The number of fused-ring (bicyclic) bond motifs is 6. The molecule has 0 aliphatic heterocycles. The Balaban J connectivity index is 1.34. The average molecular weight is 529 g/mol. The fourth-order valence-corrected chi connectivity index (χ4v) is 6.58. The third-order valence-corrected chi connectivity index (χ3v) is 8.47. The predicted octanol–water partition coefficient (Wildman–Crippen LogP) is 8.53. The smallest absolute Gasteiger partial charge is 0.0562 e. The lowest BCUT2D eigenvalue weighted by molar-refractivity contribution is 0.941. The second-order valence-electron chi connectivity index (χ2n) is 10.9. The third-order valence-electron chi connectivity index (χ3n) is 8.47. The molecule has 0 saturated heterocycles. The quantitative estimate of drug-likeness (QED) is 0.243. The molecule has 8 rings (SSSR count). The first kappa shape index (κ1) is 23.6. The Bertz CT molecular complexity index is 2190. The summed E-state index contributed by atoms with van der Waals surface area (Å²) < 4.78 is 2.32. The van der Waals surface area contributed by atoms with Gasteiger partial charge in [0.15, 0.2) is 0 Å². The van der Waals surface area contributed by atoms with E-state index in [9.17, 15) is 0 Å². The van der Waals surface area contributed by atoms with Crippen LogP contribution in [0.5, 0.6) is 0 Å². The third kappa shape index (κ3) is 3.83. The predicted molar refractivity (Wildman–Crippen MR) is 168 cm³/mol. The molecule has 0 amide bonds. The van der Waals surface area contributed by atoms with Crippen LogP contribution in [0.4, 0.5) is 0 Å². The first-order valence-electron chi connectivity index (χ1n) is 14.0. The van der Waals surface area contributed by atoms with Crippen LogP contribution in [0.2, 0.25) is 0 Å². The van der Waals surface area contributed by atoms with Crippen LogP contribution in [0.15, 0.2) is 128 Å². The lowest BCUT2D eigenvalue weighted by Gasteiger charge is -2.20. The van der Waals surface area contributed by atoms with Crippen molar-refractivity contribution in [2.45, 2.75) is 12.3 Å². The van der Waals surface area contributed by atoms with E-state index >= 15 is 0 Å². The van der Waals surface area contributed by atoms with E-state index < -0.39 is 0 Å². The van der Waals surface area contributed by atoms with Crippen LogP contribution in [-0.4, -0.2) is 19.5 Å². The Morgan fingerprint density at radius 2 is 1.39 bits per heavy atom. The number of hydrogen-bond donors (Lipinski definition) is 1. The minimum atomic E-state index is 0.0214. The van der Waals surface area contributed by atoms with Crippen molar-refractivity contribution in [1.82, 2.24) is 19.5 Å². The summed E-state index contributed by atoms with van der Waals surface area (Å²) in [6, 6.07) is 36.8. The number of nitrogens with zero attached hydrogens (tertiary/aromatic N) is 3. The van der Waals surface area contributed by atoms with Gasteiger partial charge in [0, 0.05) is 82.3 Å². The molecule has 4 nitrogen and oxygen atoms in total. The number of aromatic nitrogens is 4. The van der Waals surface area contributed by atoms with Gasteiger partial charge in [-0.05, 0) is 34.4 Å². The summed E-state index contributed by atoms with van der Waals surface area (Å²) in [7, 11) is 2.17. The molecule has 4 heterocycles. The first-order chi connectivity index (χ1) is 20.3. The molecular formula is C37H28N4. The van der Waals surface area contributed by atoms with E-state index in [0.29, 0.717) is 0 Å². The summed E-state index contributed by atoms with van der Waals surface area (Å²) >= 11 is 0. The number of nitrogens with one attached hydrogen (secondary N) is 1. The molecule has 0 radical (unpaired) electrons. The van der Waals surface area contributed by atoms with Gasteiger partial charge in [-0.15, -0.1) is 0 Å². The van der Waals surface area contributed by atoms with E-state index in [1.807, 2.05) is 18.6 Å². The number of aryl methyl sites for hydroxylation is 1. The molecule has 0 aliphatic rings. The highest BCUT2D eigenvalue weighted by atomic mass is 14.9. The zero-order valence-electron chi connectivity index (χ0n) is 22.8. The van der Waals surface area contributed by atoms with Crippen LogP contribution in [0.25, 0.3) is 43.6 Å². The lowest BCUT2D eigenvalue weighted by atomic mass is 9.84. The van der Waals surface area contributed by atoms with Crippen molar-refractivity contribution in [2.75, 3.05) is 0 Å². The standard InChI is InChI=1S/C37H28N4/c1-41-34-15-9-8-14-29(34)31-22-39-23-32(37(31)41)35(25-12-6-3-7-13-25)26-16-17-28-30-21-38-20-27(36(30)40-33(28)19-26)18-24-10-4-2-5-11-24/h2-17,19-23,35,40H,18H2,1H3. The Labute approximate surface area is 237 Å². The summed E-state index contributed by atoms with van der Waals surface area (Å²) in [6.45, 7) is 0. The number of hydrogen-bond acceptors (Lipinski definition) is 2. The maximum absolute atomic E-state index is 4.77. The van der Waals surface area contributed by atoms with E-state index in [-0.39, 0.29) is 5.92 Å². The van der Waals surface area contributed by atoms with Crippen LogP contribution in [0.3, 0.4) is 0 Å². The molecule has 0 fully saturated rings. The zero-order chi connectivity index (χ0) is 27.3. The Kier molecular flexibility index (Phi) is 5.46. The van der Waals surface area contributed by atoms with Crippen molar-refractivity contribution in [3.8, 4) is 0 Å². The fraction of sp³-hybridized carbons (Fsp3) is 0.0811. The van der Waals surface area contributed by atoms with Gasteiger partial charge in [-0.25, -0.2) is 0 Å². The van der Waals surface area contributed by atoms with Gasteiger partial charge in [0.25, 0.3) is 0 Å². The zero-order valence-corrected chi connectivity index (χ0v) is 22.8. The van der Waals surface area contributed by atoms with Crippen LogP contribution >= 0.6 is 0 Å². The van der Waals surface area contributed by atoms with Gasteiger partial charge in [-0.2, -0.15) is 0 Å². The highest BCUT2D eigenvalue weighted by molar-refractivity contribution is 6.10. The summed E-state index contributed by atoms with van der Waals surface area (Å²) in [4.78, 5) is 13.2. The molecule has 41 heavy (non-hydrogen) atoms. The van der Waals surface area contributed by atoms with Gasteiger partial charge in [0.05, 0.1) is 11.0 Å². The average Bonchev–Trinajstić information content (AvgIpc) is 3.54. The van der Waals surface area contributed by atoms with Crippen molar-refractivity contribution < 1.29 is 0 Å². The van der Waals surface area contributed by atoms with E-state index in [1.54, 1.807) is 0 Å². The Hall–Kier alpha value is -5.22. The monoisotopic (exact) mass is 528 g/mol. The van der Waals surface area contributed by atoms with Gasteiger partial charge in [0.1, 0.15) is 0 Å². The minimum absolute atomic E-state index is 0.0214. The molecule has 1 atom stereocenters. The van der Waals surface area contributed by atoms with Crippen LogP contribution in [-0.2, 0) is 13.5 Å². The number of H-pyrrole nitrogens is 1. The molecule has 0 aliphatic carbocycles. The number of para-hydroxylation sites is 1. The molecule has 8 aromatic rings. The molecule has 0 spiro atoms. The van der Waals surface area contributed by atoms with E-state index in [4.69, 9.17) is 4.98 Å². The molecule has 1 N–H and O–H groups in total. The van der Waals surface area contributed by atoms with Crippen LogP contribution < -0.4 is 0 Å². The van der Waals surface area contributed by atoms with Crippen molar-refractivity contribution in [1.29, 1.82) is 0 Å². The highest BCUT2D eigenvalue weighted by Crippen LogP contribution is 2.40. The van der Waals surface area contributed by atoms with Crippen molar-refractivity contribution in [2.24, 2.45) is 7.05 Å². The van der Waals surface area contributed by atoms with Crippen LogP contribution in [0, 0.1) is 0 Å². The van der Waals surface area contributed by atoms with Gasteiger partial charge in [0.2, 0.25) is 0 Å². The topological polar surface area (TPSA) is 46.5 Å². The SMILES string of the molecule is Cn1c2ccccc2c2cncc(C(c3ccccc3)c3ccc4c(c3)[nH]c3c(Cc5ccccc5)cncc34)c21. The summed E-state index contributed by atoms with van der Waals surface area (Å²) in [5.41, 5.74) is 10.9. The van der Waals surface area contributed by atoms with E-state index in [2.05, 4.69) is 131 Å². The van der Waals surface area contributed by atoms with Gasteiger partial charge < -0.3 is 9.55 Å². The van der Waals surface area contributed by atoms with E-state index in [1.165, 1.54) is 55.0 Å². The molecule has 4 aromatic carbocycles. The highest BCUT2D eigenvalue weighted by Gasteiger charge is 2.23. The Morgan fingerprint density at radius 3 is 2.24 bits per heavy atom. The summed E-state index contributed by atoms with van der Waals surface area (Å²) in [6.07, 6.45) is 8.87. The second kappa shape index (κ2) is 9.46. The van der Waals surface area contributed by atoms with Gasteiger partial charge in [-0.3, -0.25) is 9.97 Å². The fourth-order valence-electron chi connectivity index (χ4n) is 6.58. The van der Waals surface area contributed by atoms with Crippen molar-refractivity contribution in [3.05, 3.63) is 156 Å². The van der Waals surface area contributed by atoms with Crippen LogP contribution in [0.1, 0.15) is 33.7 Å². The normalized spacial score (nSPS) is 12.5. The maximum atomic E-state index is 4.77. The van der Waals surface area contributed by atoms with Gasteiger partial charge in [-0.1, -0.05) is 91.0 Å². The number of pyridine rings is 2.